The van der Waals surface area contributed by atoms with Crippen molar-refractivity contribution in [2.75, 3.05) is 14.2 Å². The molecular weight excluding hydrogens is 256 g/mol. The molecule has 0 N–H and O–H groups in total. The van der Waals surface area contributed by atoms with E-state index in [4.69, 9.17) is 9.47 Å². The Morgan fingerprint density at radius 3 is 2.55 bits per heavy atom. The number of hydrogen-bond acceptors (Lipinski definition) is 4. The Kier molecular flexibility index (Phi) is 2.97. The fraction of sp³-hybridized carbons (Fsp3) is 0.333. The molecule has 1 fully saturated rings. The molecule has 1 saturated carbocycles. The predicted octanol–water partition coefficient (Wildman–Crippen LogP) is 2.27. The third-order valence-electron chi connectivity index (χ3n) is 3.83. The molecule has 104 valence electrons. The summed E-state index contributed by atoms with van der Waals surface area (Å²) in [6.45, 7) is 0. The summed E-state index contributed by atoms with van der Waals surface area (Å²) in [7, 11) is 3.19. The SMILES string of the molecule is COc1ccc(C2(C(=O)n3ccnc3)CC2)cc1OC. The van der Waals surface area contributed by atoms with Gasteiger partial charge in [0.05, 0.1) is 19.6 Å². The lowest BCUT2D eigenvalue weighted by molar-refractivity contribution is 0.0862. The molecule has 0 spiro atoms. The molecule has 1 aromatic heterocycles. The van der Waals surface area contributed by atoms with Crippen LogP contribution in [0, 0.1) is 0 Å². The van der Waals surface area contributed by atoms with E-state index in [2.05, 4.69) is 4.98 Å². The highest BCUT2D eigenvalue weighted by Gasteiger charge is 2.52. The van der Waals surface area contributed by atoms with Crippen LogP contribution in [-0.2, 0) is 5.41 Å². The third kappa shape index (κ3) is 1.86. The first kappa shape index (κ1) is 12.7. The first-order chi connectivity index (χ1) is 9.71. The van der Waals surface area contributed by atoms with Crippen molar-refractivity contribution in [1.29, 1.82) is 0 Å². The maximum atomic E-state index is 12.6. The maximum absolute atomic E-state index is 12.6. The van der Waals surface area contributed by atoms with Crippen LogP contribution in [0.25, 0.3) is 0 Å². The fourth-order valence-corrected chi connectivity index (χ4v) is 2.51. The van der Waals surface area contributed by atoms with Crippen LogP contribution in [0.3, 0.4) is 0 Å². The summed E-state index contributed by atoms with van der Waals surface area (Å²) in [6, 6.07) is 5.67. The minimum absolute atomic E-state index is 0.0576. The summed E-state index contributed by atoms with van der Waals surface area (Å²) < 4.78 is 12.1. The normalized spacial score (nSPS) is 15.7. The summed E-state index contributed by atoms with van der Waals surface area (Å²) in [5, 5.41) is 0. The summed E-state index contributed by atoms with van der Waals surface area (Å²) in [5.41, 5.74) is 0.522. The van der Waals surface area contributed by atoms with Crippen LogP contribution in [0.4, 0.5) is 0 Å². The number of ether oxygens (including phenoxy) is 2. The predicted molar refractivity (Wildman–Crippen MR) is 73.3 cm³/mol. The van der Waals surface area contributed by atoms with Crippen molar-refractivity contribution in [1.82, 2.24) is 9.55 Å². The average Bonchev–Trinajstić information content (AvgIpc) is 3.12. The van der Waals surface area contributed by atoms with E-state index >= 15 is 0 Å². The van der Waals surface area contributed by atoms with Gasteiger partial charge in [-0.25, -0.2) is 4.98 Å². The topological polar surface area (TPSA) is 53.4 Å². The molecule has 1 aromatic carbocycles. The van der Waals surface area contributed by atoms with Crippen molar-refractivity contribution in [2.24, 2.45) is 0 Å². The van der Waals surface area contributed by atoms with Crippen molar-refractivity contribution in [3.63, 3.8) is 0 Å². The zero-order chi connectivity index (χ0) is 14.2. The minimum atomic E-state index is -0.444. The lowest BCUT2D eigenvalue weighted by Gasteiger charge is -2.17. The van der Waals surface area contributed by atoms with E-state index in [1.807, 2.05) is 18.2 Å². The van der Waals surface area contributed by atoms with Crippen LogP contribution in [0.15, 0.2) is 36.9 Å². The molecule has 3 rings (SSSR count). The molecule has 1 aliphatic rings. The van der Waals surface area contributed by atoms with Crippen molar-refractivity contribution in [3.05, 3.63) is 42.5 Å². The molecule has 5 nitrogen and oxygen atoms in total. The Bertz CT molecular complexity index is 631. The van der Waals surface area contributed by atoms with Gasteiger partial charge in [0, 0.05) is 12.4 Å². The van der Waals surface area contributed by atoms with Gasteiger partial charge >= 0.3 is 0 Å². The zero-order valence-corrected chi connectivity index (χ0v) is 11.5. The number of imidazole rings is 1. The van der Waals surface area contributed by atoms with Gasteiger partial charge in [-0.05, 0) is 30.5 Å². The highest BCUT2D eigenvalue weighted by molar-refractivity contribution is 5.93. The second-order valence-electron chi connectivity index (χ2n) is 4.93. The summed E-state index contributed by atoms with van der Waals surface area (Å²) >= 11 is 0. The van der Waals surface area contributed by atoms with Gasteiger partial charge in [-0.1, -0.05) is 6.07 Å². The van der Waals surface area contributed by atoms with Gasteiger partial charge < -0.3 is 9.47 Å². The fourth-order valence-electron chi connectivity index (χ4n) is 2.51. The second kappa shape index (κ2) is 4.67. The lowest BCUT2D eigenvalue weighted by Crippen LogP contribution is -2.25. The average molecular weight is 272 g/mol. The molecule has 0 radical (unpaired) electrons. The molecule has 1 heterocycles. The van der Waals surface area contributed by atoms with Gasteiger partial charge in [-0.3, -0.25) is 9.36 Å². The molecule has 0 unspecified atom stereocenters. The number of benzene rings is 1. The summed E-state index contributed by atoms with van der Waals surface area (Å²) in [5.74, 6) is 1.37. The first-order valence-electron chi connectivity index (χ1n) is 6.46. The van der Waals surface area contributed by atoms with E-state index in [-0.39, 0.29) is 5.91 Å². The van der Waals surface area contributed by atoms with Crippen molar-refractivity contribution >= 4 is 5.91 Å². The number of carbonyl (C=O) groups is 1. The van der Waals surface area contributed by atoms with E-state index in [0.717, 1.165) is 18.4 Å². The van der Waals surface area contributed by atoms with Crippen molar-refractivity contribution < 1.29 is 14.3 Å². The van der Waals surface area contributed by atoms with Gasteiger partial charge in [0.1, 0.15) is 6.33 Å². The smallest absolute Gasteiger partial charge is 0.242 e. The number of rotatable bonds is 4. The molecule has 5 heteroatoms. The molecule has 1 aliphatic carbocycles. The molecule has 0 saturated heterocycles. The van der Waals surface area contributed by atoms with Crippen LogP contribution in [0.2, 0.25) is 0 Å². The first-order valence-corrected chi connectivity index (χ1v) is 6.46. The van der Waals surface area contributed by atoms with Crippen molar-refractivity contribution in [3.8, 4) is 11.5 Å². The maximum Gasteiger partial charge on any atom is 0.242 e. The Balaban J connectivity index is 1.98. The van der Waals surface area contributed by atoms with Gasteiger partial charge in [0.15, 0.2) is 11.5 Å². The molecule has 0 amide bonds. The number of methoxy groups -OCH3 is 2. The van der Waals surface area contributed by atoms with E-state index in [1.165, 1.54) is 0 Å². The lowest BCUT2D eigenvalue weighted by atomic mass is 9.94. The Morgan fingerprint density at radius 2 is 2.00 bits per heavy atom. The van der Waals surface area contributed by atoms with Crippen LogP contribution in [-0.4, -0.2) is 29.7 Å². The van der Waals surface area contributed by atoms with E-state index in [1.54, 1.807) is 37.5 Å². The standard InChI is InChI=1S/C15H16N2O3/c1-19-12-4-3-11(9-13(12)20-2)15(5-6-15)14(18)17-8-7-16-10-17/h3-4,7-10H,5-6H2,1-2H3. The number of carbonyl (C=O) groups excluding carboxylic acids is 1. The molecule has 20 heavy (non-hydrogen) atoms. The van der Waals surface area contributed by atoms with Crippen molar-refractivity contribution in [2.45, 2.75) is 18.3 Å². The molecular formula is C15H16N2O3. The molecule has 2 aromatic rings. The minimum Gasteiger partial charge on any atom is -0.493 e. The van der Waals surface area contributed by atoms with Gasteiger partial charge in [-0.15, -0.1) is 0 Å². The van der Waals surface area contributed by atoms with Gasteiger partial charge in [0.2, 0.25) is 5.91 Å². The van der Waals surface area contributed by atoms with Gasteiger partial charge in [0.25, 0.3) is 0 Å². The molecule has 0 bridgehead atoms. The highest BCUT2D eigenvalue weighted by atomic mass is 16.5. The third-order valence-corrected chi connectivity index (χ3v) is 3.83. The van der Waals surface area contributed by atoms with Crippen LogP contribution < -0.4 is 9.47 Å². The Labute approximate surface area is 117 Å². The number of nitrogens with zero attached hydrogens (tertiary/aromatic N) is 2. The Hall–Kier alpha value is -2.30. The number of aromatic nitrogens is 2. The summed E-state index contributed by atoms with van der Waals surface area (Å²) in [4.78, 5) is 16.5. The van der Waals surface area contributed by atoms with Crippen LogP contribution >= 0.6 is 0 Å². The highest BCUT2D eigenvalue weighted by Crippen LogP contribution is 2.50. The Morgan fingerprint density at radius 1 is 1.25 bits per heavy atom. The van der Waals surface area contributed by atoms with Crippen LogP contribution in [0.5, 0.6) is 11.5 Å². The summed E-state index contributed by atoms with van der Waals surface area (Å²) in [6.07, 6.45) is 6.54. The van der Waals surface area contributed by atoms with E-state index in [9.17, 15) is 4.79 Å². The second-order valence-corrected chi connectivity index (χ2v) is 4.93. The number of hydrogen-bond donors (Lipinski definition) is 0. The zero-order valence-electron chi connectivity index (χ0n) is 11.5. The molecule has 0 atom stereocenters. The molecule has 0 aliphatic heterocycles. The largest absolute Gasteiger partial charge is 0.493 e. The van der Waals surface area contributed by atoms with Crippen LogP contribution in [0.1, 0.15) is 23.2 Å². The van der Waals surface area contributed by atoms with E-state index in [0.29, 0.717) is 11.5 Å². The van der Waals surface area contributed by atoms with Gasteiger partial charge in [-0.2, -0.15) is 0 Å². The quantitative estimate of drug-likeness (QED) is 0.856. The monoisotopic (exact) mass is 272 g/mol. The van der Waals surface area contributed by atoms with E-state index < -0.39 is 5.41 Å².